The van der Waals surface area contributed by atoms with Crippen LogP contribution in [0.5, 0.6) is 5.75 Å². The molecule has 2 aromatic rings. The van der Waals surface area contributed by atoms with E-state index in [1.807, 2.05) is 29.2 Å². The summed E-state index contributed by atoms with van der Waals surface area (Å²) >= 11 is 0. The van der Waals surface area contributed by atoms with Crippen LogP contribution < -0.4 is 13.9 Å². The van der Waals surface area contributed by atoms with Gasteiger partial charge in [0.1, 0.15) is 5.75 Å². The number of benzene rings is 2. The van der Waals surface area contributed by atoms with Crippen molar-refractivity contribution in [1.82, 2.24) is 4.90 Å². The van der Waals surface area contributed by atoms with Crippen LogP contribution in [0.2, 0.25) is 0 Å². The molecule has 30 heavy (non-hydrogen) atoms. The number of piperazine rings is 1. The van der Waals surface area contributed by atoms with E-state index in [9.17, 15) is 13.2 Å². The molecule has 0 N–H and O–H groups in total. The molecule has 0 spiro atoms. The van der Waals surface area contributed by atoms with Crippen LogP contribution in [0.15, 0.2) is 61.2 Å². The van der Waals surface area contributed by atoms with Crippen LogP contribution in [0.25, 0.3) is 0 Å². The Balaban J connectivity index is 1.64. The van der Waals surface area contributed by atoms with Gasteiger partial charge in [-0.25, -0.2) is 8.42 Å². The number of hydrogen-bond acceptors (Lipinski definition) is 5. The lowest BCUT2D eigenvalue weighted by Gasteiger charge is -2.36. The molecule has 0 aromatic heterocycles. The smallest absolute Gasteiger partial charge is 0.253 e. The number of methoxy groups -OCH3 is 1. The van der Waals surface area contributed by atoms with Crippen LogP contribution in [-0.4, -0.2) is 65.3 Å². The van der Waals surface area contributed by atoms with Crippen LogP contribution >= 0.6 is 0 Å². The summed E-state index contributed by atoms with van der Waals surface area (Å²) in [7, 11) is -1.77. The first-order valence-corrected chi connectivity index (χ1v) is 11.6. The Morgan fingerprint density at radius 2 is 1.67 bits per heavy atom. The SMILES string of the molecule is C=CCN(c1ccc(C(=O)N2CCN(c3ccc(OC)cc3)CC2)cc1)S(C)(=O)=O. The zero-order valence-electron chi connectivity index (χ0n) is 17.3. The third kappa shape index (κ3) is 4.94. The summed E-state index contributed by atoms with van der Waals surface area (Å²) in [5.41, 5.74) is 2.16. The molecule has 0 bridgehead atoms. The molecule has 1 fully saturated rings. The molecule has 0 saturated carbocycles. The Bertz CT molecular complexity index is 980. The van der Waals surface area contributed by atoms with Crippen LogP contribution in [-0.2, 0) is 10.0 Å². The molecule has 1 aliphatic heterocycles. The van der Waals surface area contributed by atoms with Crippen LogP contribution in [0.3, 0.4) is 0 Å². The van der Waals surface area contributed by atoms with Crippen LogP contribution in [0, 0.1) is 0 Å². The van der Waals surface area contributed by atoms with Crippen molar-refractivity contribution >= 4 is 27.3 Å². The molecule has 2 aromatic carbocycles. The fourth-order valence-electron chi connectivity index (χ4n) is 3.46. The molecule has 3 rings (SSSR count). The normalized spacial score (nSPS) is 14.3. The average molecular weight is 430 g/mol. The van der Waals surface area contributed by atoms with Crippen molar-refractivity contribution in [2.75, 3.05) is 55.3 Å². The van der Waals surface area contributed by atoms with E-state index in [-0.39, 0.29) is 12.5 Å². The van der Waals surface area contributed by atoms with Crippen LogP contribution in [0.4, 0.5) is 11.4 Å². The maximum atomic E-state index is 12.9. The van der Waals surface area contributed by atoms with Gasteiger partial charge in [-0.05, 0) is 48.5 Å². The van der Waals surface area contributed by atoms with Crippen molar-refractivity contribution in [3.63, 3.8) is 0 Å². The minimum atomic E-state index is -3.42. The zero-order valence-corrected chi connectivity index (χ0v) is 18.1. The van der Waals surface area contributed by atoms with E-state index in [1.165, 1.54) is 10.4 Å². The molecule has 1 heterocycles. The van der Waals surface area contributed by atoms with Crippen molar-refractivity contribution in [3.05, 3.63) is 66.7 Å². The second-order valence-electron chi connectivity index (χ2n) is 7.11. The molecule has 0 atom stereocenters. The van der Waals surface area contributed by atoms with Gasteiger partial charge in [-0.3, -0.25) is 9.10 Å². The van der Waals surface area contributed by atoms with Gasteiger partial charge >= 0.3 is 0 Å². The van der Waals surface area contributed by atoms with E-state index >= 15 is 0 Å². The van der Waals surface area contributed by atoms with Crippen molar-refractivity contribution in [3.8, 4) is 5.75 Å². The topological polar surface area (TPSA) is 70.2 Å². The summed E-state index contributed by atoms with van der Waals surface area (Å²) < 4.78 is 30.4. The number of carbonyl (C=O) groups is 1. The summed E-state index contributed by atoms with van der Waals surface area (Å²) in [5.74, 6) is 0.768. The number of amides is 1. The number of nitrogens with zero attached hydrogens (tertiary/aromatic N) is 3. The minimum absolute atomic E-state index is 0.0504. The van der Waals surface area contributed by atoms with Crippen molar-refractivity contribution < 1.29 is 17.9 Å². The quantitative estimate of drug-likeness (QED) is 0.633. The monoisotopic (exact) mass is 429 g/mol. The number of rotatable bonds is 7. The Hall–Kier alpha value is -3.00. The lowest BCUT2D eigenvalue weighted by Crippen LogP contribution is -2.48. The Labute approximate surface area is 178 Å². The van der Waals surface area contributed by atoms with Gasteiger partial charge in [0.15, 0.2) is 0 Å². The predicted molar refractivity (Wildman–Crippen MR) is 120 cm³/mol. The maximum absolute atomic E-state index is 12.9. The standard InChI is InChI=1S/C22H27N3O4S/c1-4-13-25(30(3,27)28)20-7-5-18(6-8-20)22(26)24-16-14-23(15-17-24)19-9-11-21(29-2)12-10-19/h4-12H,1,13-17H2,2-3H3. The highest BCUT2D eigenvalue weighted by atomic mass is 32.2. The molecule has 160 valence electrons. The van der Waals surface area contributed by atoms with Gasteiger partial charge in [-0.2, -0.15) is 0 Å². The highest BCUT2D eigenvalue weighted by Crippen LogP contribution is 2.22. The lowest BCUT2D eigenvalue weighted by atomic mass is 10.1. The summed E-state index contributed by atoms with van der Waals surface area (Å²) in [6.07, 6.45) is 2.68. The fraction of sp³-hybridized carbons (Fsp3) is 0.318. The molecule has 0 unspecified atom stereocenters. The third-order valence-corrected chi connectivity index (χ3v) is 6.26. The van der Waals surface area contributed by atoms with Gasteiger partial charge in [0.25, 0.3) is 5.91 Å². The number of anilines is 2. The molecule has 1 amide bonds. The van der Waals surface area contributed by atoms with E-state index in [0.29, 0.717) is 24.3 Å². The highest BCUT2D eigenvalue weighted by Gasteiger charge is 2.23. The second-order valence-corrected chi connectivity index (χ2v) is 9.01. The van der Waals surface area contributed by atoms with Crippen molar-refractivity contribution in [2.24, 2.45) is 0 Å². The summed E-state index contributed by atoms with van der Waals surface area (Å²) in [6, 6.07) is 14.6. The Kier molecular flexibility index (Phi) is 6.66. The van der Waals surface area contributed by atoms with Gasteiger partial charge in [0, 0.05) is 37.4 Å². The second kappa shape index (κ2) is 9.21. The number of hydrogen-bond donors (Lipinski definition) is 0. The largest absolute Gasteiger partial charge is 0.497 e. The first kappa shape index (κ1) is 21.7. The van der Waals surface area contributed by atoms with Crippen molar-refractivity contribution in [1.29, 1.82) is 0 Å². The van der Waals surface area contributed by atoms with Gasteiger partial charge in [0.2, 0.25) is 10.0 Å². The highest BCUT2D eigenvalue weighted by molar-refractivity contribution is 7.92. The summed E-state index contributed by atoms with van der Waals surface area (Å²) in [5, 5.41) is 0. The van der Waals surface area contributed by atoms with E-state index in [1.54, 1.807) is 31.4 Å². The molecule has 1 aliphatic rings. The molecular formula is C22H27N3O4S. The zero-order chi connectivity index (χ0) is 21.7. The lowest BCUT2D eigenvalue weighted by molar-refractivity contribution is 0.0747. The number of carbonyl (C=O) groups excluding carboxylic acids is 1. The minimum Gasteiger partial charge on any atom is -0.497 e. The van der Waals surface area contributed by atoms with E-state index in [4.69, 9.17) is 4.74 Å². The van der Waals surface area contributed by atoms with Crippen molar-refractivity contribution in [2.45, 2.75) is 0 Å². The van der Waals surface area contributed by atoms with Gasteiger partial charge < -0.3 is 14.5 Å². The molecule has 0 radical (unpaired) electrons. The maximum Gasteiger partial charge on any atom is 0.253 e. The third-order valence-electron chi connectivity index (χ3n) is 5.10. The van der Waals surface area contributed by atoms with Crippen LogP contribution in [0.1, 0.15) is 10.4 Å². The van der Waals surface area contributed by atoms with Gasteiger partial charge in [-0.1, -0.05) is 6.08 Å². The molecule has 7 nitrogen and oxygen atoms in total. The summed E-state index contributed by atoms with van der Waals surface area (Å²) in [6.45, 7) is 6.53. The Morgan fingerprint density at radius 3 is 2.17 bits per heavy atom. The average Bonchev–Trinajstić information content (AvgIpc) is 2.76. The predicted octanol–water partition coefficient (Wildman–Crippen LogP) is 2.61. The molecular weight excluding hydrogens is 402 g/mol. The Morgan fingerprint density at radius 1 is 1.07 bits per heavy atom. The van der Waals surface area contributed by atoms with Gasteiger partial charge in [-0.15, -0.1) is 6.58 Å². The molecule has 8 heteroatoms. The first-order chi connectivity index (χ1) is 14.3. The number of sulfonamides is 1. The first-order valence-electron chi connectivity index (χ1n) is 9.70. The number of ether oxygens (including phenoxy) is 1. The molecule has 0 aliphatic carbocycles. The molecule has 1 saturated heterocycles. The van der Waals surface area contributed by atoms with E-state index in [0.717, 1.165) is 30.8 Å². The van der Waals surface area contributed by atoms with E-state index in [2.05, 4.69) is 11.5 Å². The summed E-state index contributed by atoms with van der Waals surface area (Å²) in [4.78, 5) is 16.9. The van der Waals surface area contributed by atoms with E-state index < -0.39 is 10.0 Å². The fourth-order valence-corrected chi connectivity index (χ4v) is 4.34. The van der Waals surface area contributed by atoms with Gasteiger partial charge in [0.05, 0.1) is 25.6 Å².